The zero-order valence-electron chi connectivity index (χ0n) is 10.00. The molecule has 2 aliphatic carbocycles. The van der Waals surface area contributed by atoms with E-state index in [2.05, 4.69) is 23.9 Å². The second kappa shape index (κ2) is 4.03. The van der Waals surface area contributed by atoms with Gasteiger partial charge in [0.1, 0.15) is 0 Å². The van der Waals surface area contributed by atoms with Gasteiger partial charge in [0.05, 0.1) is 0 Å². The first-order valence-electron chi connectivity index (χ1n) is 6.20. The topological polar surface area (TPSA) is 41.6 Å². The maximum absolute atomic E-state index is 5.97. The van der Waals surface area contributed by atoms with Gasteiger partial charge in [-0.3, -0.25) is 4.99 Å². The summed E-state index contributed by atoms with van der Waals surface area (Å²) in [7, 11) is 2.07. The van der Waals surface area contributed by atoms with E-state index in [0.29, 0.717) is 11.5 Å². The van der Waals surface area contributed by atoms with Gasteiger partial charge in [-0.05, 0) is 37.5 Å². The van der Waals surface area contributed by atoms with Crippen LogP contribution in [0.25, 0.3) is 0 Å². The molecule has 0 aromatic carbocycles. The minimum atomic E-state index is 0.495. The van der Waals surface area contributed by atoms with E-state index in [0.717, 1.165) is 12.5 Å². The lowest BCUT2D eigenvalue weighted by Crippen LogP contribution is -2.38. The molecule has 15 heavy (non-hydrogen) atoms. The Bertz CT molecular complexity index is 246. The van der Waals surface area contributed by atoms with Gasteiger partial charge in [-0.1, -0.05) is 13.3 Å². The number of nitrogens with two attached hydrogens (primary N) is 1. The van der Waals surface area contributed by atoms with Gasteiger partial charge < -0.3 is 10.6 Å². The number of aliphatic imine (C=N–C) groups is 1. The van der Waals surface area contributed by atoms with Crippen molar-refractivity contribution in [2.45, 2.75) is 51.5 Å². The first kappa shape index (κ1) is 10.8. The third-order valence-corrected chi connectivity index (χ3v) is 4.20. The SMILES string of the molecule is CCC1(CN=C(N)N(C)C2CC2)CCC1. The van der Waals surface area contributed by atoms with Crippen molar-refractivity contribution < 1.29 is 0 Å². The number of guanidine groups is 1. The summed E-state index contributed by atoms with van der Waals surface area (Å²) in [6, 6.07) is 0.674. The maximum Gasteiger partial charge on any atom is 0.191 e. The Morgan fingerprint density at radius 2 is 2.13 bits per heavy atom. The monoisotopic (exact) mass is 209 g/mol. The van der Waals surface area contributed by atoms with E-state index in [1.807, 2.05) is 0 Å². The average Bonchev–Trinajstić information content (AvgIpc) is 2.98. The molecule has 0 aromatic heterocycles. The zero-order chi connectivity index (χ0) is 10.9. The molecule has 0 heterocycles. The van der Waals surface area contributed by atoms with E-state index < -0.39 is 0 Å². The molecule has 0 bridgehead atoms. The molecule has 2 fully saturated rings. The predicted molar refractivity (Wildman–Crippen MR) is 63.8 cm³/mol. The van der Waals surface area contributed by atoms with Crippen molar-refractivity contribution in [3.8, 4) is 0 Å². The molecule has 3 nitrogen and oxygen atoms in total. The molecule has 0 atom stereocenters. The van der Waals surface area contributed by atoms with Crippen LogP contribution in [0.4, 0.5) is 0 Å². The summed E-state index contributed by atoms with van der Waals surface area (Å²) in [4.78, 5) is 6.71. The van der Waals surface area contributed by atoms with Gasteiger partial charge in [0, 0.05) is 19.6 Å². The Kier molecular flexibility index (Phi) is 2.89. The first-order valence-corrected chi connectivity index (χ1v) is 6.20. The fourth-order valence-corrected chi connectivity index (χ4v) is 2.31. The molecule has 2 saturated carbocycles. The van der Waals surface area contributed by atoms with Crippen LogP contribution in [0.15, 0.2) is 4.99 Å². The lowest BCUT2D eigenvalue weighted by molar-refractivity contribution is 0.139. The minimum Gasteiger partial charge on any atom is -0.370 e. The largest absolute Gasteiger partial charge is 0.370 e. The van der Waals surface area contributed by atoms with Crippen molar-refractivity contribution in [3.63, 3.8) is 0 Å². The van der Waals surface area contributed by atoms with Crippen molar-refractivity contribution in [3.05, 3.63) is 0 Å². The Morgan fingerprint density at radius 3 is 2.53 bits per heavy atom. The fraction of sp³-hybridized carbons (Fsp3) is 0.917. The number of hydrogen-bond donors (Lipinski definition) is 1. The van der Waals surface area contributed by atoms with Crippen LogP contribution in [0.2, 0.25) is 0 Å². The van der Waals surface area contributed by atoms with Crippen molar-refractivity contribution >= 4 is 5.96 Å². The molecular weight excluding hydrogens is 186 g/mol. The molecule has 0 unspecified atom stereocenters. The fourth-order valence-electron chi connectivity index (χ4n) is 2.31. The van der Waals surface area contributed by atoms with Gasteiger partial charge in [0.15, 0.2) is 5.96 Å². The summed E-state index contributed by atoms with van der Waals surface area (Å²) in [5, 5.41) is 0. The van der Waals surface area contributed by atoms with Gasteiger partial charge in [-0.15, -0.1) is 0 Å². The number of rotatable bonds is 4. The Labute approximate surface area is 92.7 Å². The molecule has 2 aliphatic rings. The van der Waals surface area contributed by atoms with Crippen LogP contribution in [0, 0.1) is 5.41 Å². The van der Waals surface area contributed by atoms with Crippen molar-refractivity contribution in [2.75, 3.05) is 13.6 Å². The zero-order valence-corrected chi connectivity index (χ0v) is 10.00. The Morgan fingerprint density at radius 1 is 1.47 bits per heavy atom. The smallest absolute Gasteiger partial charge is 0.191 e. The van der Waals surface area contributed by atoms with E-state index in [9.17, 15) is 0 Å². The average molecular weight is 209 g/mol. The predicted octanol–water partition coefficient (Wildman–Crippen LogP) is 1.98. The standard InChI is InChI=1S/C12H23N3/c1-3-12(7-4-8-12)9-14-11(13)15(2)10-5-6-10/h10H,3-9H2,1-2H3,(H2,13,14). The highest BCUT2D eigenvalue weighted by Gasteiger charge is 2.35. The van der Waals surface area contributed by atoms with Gasteiger partial charge in [-0.2, -0.15) is 0 Å². The molecule has 0 aromatic rings. The molecule has 3 heteroatoms. The van der Waals surface area contributed by atoms with E-state index in [1.54, 1.807) is 0 Å². The van der Waals surface area contributed by atoms with Gasteiger partial charge in [0.2, 0.25) is 0 Å². The van der Waals surface area contributed by atoms with E-state index in [-0.39, 0.29) is 0 Å². The van der Waals surface area contributed by atoms with Crippen LogP contribution >= 0.6 is 0 Å². The number of nitrogens with zero attached hydrogens (tertiary/aromatic N) is 2. The Balaban J connectivity index is 1.86. The lowest BCUT2D eigenvalue weighted by atomic mass is 9.67. The van der Waals surface area contributed by atoms with Gasteiger partial charge in [0.25, 0.3) is 0 Å². The van der Waals surface area contributed by atoms with E-state index >= 15 is 0 Å². The molecule has 2 N–H and O–H groups in total. The third kappa shape index (κ3) is 2.27. The summed E-state index contributed by atoms with van der Waals surface area (Å²) in [6.07, 6.45) is 7.87. The summed E-state index contributed by atoms with van der Waals surface area (Å²) < 4.78 is 0. The second-order valence-corrected chi connectivity index (χ2v) is 5.22. The lowest BCUT2D eigenvalue weighted by Gasteiger charge is -2.40. The normalized spacial score (nSPS) is 24.8. The van der Waals surface area contributed by atoms with Crippen molar-refractivity contribution in [2.24, 2.45) is 16.1 Å². The number of hydrogen-bond acceptors (Lipinski definition) is 1. The van der Waals surface area contributed by atoms with Crippen LogP contribution in [-0.4, -0.2) is 30.5 Å². The minimum absolute atomic E-state index is 0.495. The molecule has 0 radical (unpaired) electrons. The third-order valence-electron chi connectivity index (χ3n) is 4.20. The molecule has 0 spiro atoms. The highest BCUT2D eigenvalue weighted by atomic mass is 15.3. The second-order valence-electron chi connectivity index (χ2n) is 5.22. The highest BCUT2D eigenvalue weighted by molar-refractivity contribution is 5.78. The van der Waals surface area contributed by atoms with Crippen molar-refractivity contribution in [1.29, 1.82) is 0 Å². The quantitative estimate of drug-likeness (QED) is 0.568. The van der Waals surface area contributed by atoms with Crippen LogP contribution in [0.3, 0.4) is 0 Å². The van der Waals surface area contributed by atoms with E-state index in [1.165, 1.54) is 38.5 Å². The maximum atomic E-state index is 5.97. The molecular formula is C12H23N3. The van der Waals surface area contributed by atoms with Crippen LogP contribution in [0.5, 0.6) is 0 Å². The summed E-state index contributed by atoms with van der Waals surface area (Å²) in [5.41, 5.74) is 6.47. The van der Waals surface area contributed by atoms with Gasteiger partial charge >= 0.3 is 0 Å². The molecule has 0 amide bonds. The van der Waals surface area contributed by atoms with Crippen LogP contribution in [-0.2, 0) is 0 Å². The summed E-state index contributed by atoms with van der Waals surface area (Å²) in [5.74, 6) is 0.747. The van der Waals surface area contributed by atoms with Crippen LogP contribution in [0.1, 0.15) is 45.4 Å². The molecule has 0 aliphatic heterocycles. The van der Waals surface area contributed by atoms with E-state index in [4.69, 9.17) is 5.73 Å². The van der Waals surface area contributed by atoms with Crippen molar-refractivity contribution in [1.82, 2.24) is 4.90 Å². The molecule has 86 valence electrons. The first-order chi connectivity index (χ1) is 7.17. The summed E-state index contributed by atoms with van der Waals surface area (Å²) in [6.45, 7) is 3.21. The van der Waals surface area contributed by atoms with Gasteiger partial charge in [-0.25, -0.2) is 0 Å². The highest BCUT2D eigenvalue weighted by Crippen LogP contribution is 2.43. The van der Waals surface area contributed by atoms with Crippen LogP contribution < -0.4 is 5.73 Å². The Hall–Kier alpha value is -0.730. The summed E-state index contributed by atoms with van der Waals surface area (Å²) >= 11 is 0. The molecule has 0 saturated heterocycles. The molecule has 2 rings (SSSR count).